The first kappa shape index (κ1) is 14.9. The van der Waals surface area contributed by atoms with Crippen molar-refractivity contribution in [2.24, 2.45) is 23.6 Å². The Hall–Kier alpha value is -0.450. The van der Waals surface area contributed by atoms with Crippen molar-refractivity contribution >= 4 is 15.9 Å². The SMILES string of the molecule is CC1CCC(C(NN)c2c(F)cccc2Br)CC1C. The number of hydrazine groups is 1. The van der Waals surface area contributed by atoms with Crippen molar-refractivity contribution in [1.82, 2.24) is 5.43 Å². The largest absolute Gasteiger partial charge is 0.271 e. The molecular formula is C15H22BrFN2. The highest BCUT2D eigenvalue weighted by Gasteiger charge is 2.32. The van der Waals surface area contributed by atoms with E-state index in [2.05, 4.69) is 35.2 Å². The van der Waals surface area contributed by atoms with Gasteiger partial charge in [-0.2, -0.15) is 0 Å². The highest BCUT2D eigenvalue weighted by atomic mass is 79.9. The van der Waals surface area contributed by atoms with Crippen LogP contribution in [0.25, 0.3) is 0 Å². The van der Waals surface area contributed by atoms with Gasteiger partial charge in [-0.1, -0.05) is 42.3 Å². The predicted octanol–water partition coefficient (Wildman–Crippen LogP) is 4.16. The highest BCUT2D eigenvalue weighted by molar-refractivity contribution is 9.10. The zero-order valence-corrected chi connectivity index (χ0v) is 13.1. The Morgan fingerprint density at radius 2 is 2.05 bits per heavy atom. The summed E-state index contributed by atoms with van der Waals surface area (Å²) < 4.78 is 14.9. The third-order valence-corrected chi connectivity index (χ3v) is 5.29. The summed E-state index contributed by atoms with van der Waals surface area (Å²) in [5.74, 6) is 7.33. The lowest BCUT2D eigenvalue weighted by Crippen LogP contribution is -2.37. The monoisotopic (exact) mass is 328 g/mol. The summed E-state index contributed by atoms with van der Waals surface area (Å²) in [4.78, 5) is 0. The molecule has 3 N–H and O–H groups in total. The number of nitrogens with one attached hydrogen (secondary N) is 1. The van der Waals surface area contributed by atoms with Gasteiger partial charge in [-0.05, 0) is 42.7 Å². The van der Waals surface area contributed by atoms with Gasteiger partial charge in [0.05, 0.1) is 6.04 Å². The minimum Gasteiger partial charge on any atom is -0.271 e. The average molecular weight is 329 g/mol. The van der Waals surface area contributed by atoms with Gasteiger partial charge >= 0.3 is 0 Å². The molecule has 0 amide bonds. The predicted molar refractivity (Wildman–Crippen MR) is 79.8 cm³/mol. The van der Waals surface area contributed by atoms with Gasteiger partial charge in [-0.25, -0.2) is 4.39 Å². The van der Waals surface area contributed by atoms with Crippen molar-refractivity contribution in [2.45, 2.75) is 39.2 Å². The number of nitrogens with two attached hydrogens (primary N) is 1. The molecule has 106 valence electrons. The van der Waals surface area contributed by atoms with Crippen LogP contribution in [0, 0.1) is 23.6 Å². The van der Waals surface area contributed by atoms with E-state index in [0.717, 1.165) is 23.2 Å². The number of benzene rings is 1. The summed E-state index contributed by atoms with van der Waals surface area (Å²) in [6.45, 7) is 4.57. The molecule has 1 aromatic carbocycles. The minimum absolute atomic E-state index is 0.120. The quantitative estimate of drug-likeness (QED) is 0.645. The van der Waals surface area contributed by atoms with Crippen LogP contribution < -0.4 is 11.3 Å². The molecule has 0 heterocycles. The van der Waals surface area contributed by atoms with Crippen LogP contribution in [0.3, 0.4) is 0 Å². The van der Waals surface area contributed by atoms with E-state index < -0.39 is 0 Å². The number of halogens is 2. The Labute approximate surface area is 123 Å². The molecule has 0 saturated heterocycles. The van der Waals surface area contributed by atoms with E-state index in [9.17, 15) is 4.39 Å². The molecule has 1 aliphatic rings. The molecule has 0 radical (unpaired) electrons. The molecule has 4 unspecified atom stereocenters. The molecule has 1 aromatic rings. The fourth-order valence-corrected chi connectivity index (χ4v) is 3.74. The van der Waals surface area contributed by atoms with Crippen molar-refractivity contribution in [3.05, 3.63) is 34.1 Å². The van der Waals surface area contributed by atoms with Gasteiger partial charge in [-0.3, -0.25) is 11.3 Å². The maximum absolute atomic E-state index is 14.1. The van der Waals surface area contributed by atoms with Crippen molar-refractivity contribution in [2.75, 3.05) is 0 Å². The Kier molecular flexibility index (Phi) is 4.98. The highest BCUT2D eigenvalue weighted by Crippen LogP contribution is 2.41. The first-order valence-corrected chi connectivity index (χ1v) is 7.74. The summed E-state index contributed by atoms with van der Waals surface area (Å²) in [6.07, 6.45) is 3.38. The van der Waals surface area contributed by atoms with Crippen LogP contribution in [0.5, 0.6) is 0 Å². The molecule has 2 nitrogen and oxygen atoms in total. The molecule has 0 spiro atoms. The van der Waals surface area contributed by atoms with Crippen LogP contribution in [0.1, 0.15) is 44.7 Å². The molecule has 0 aromatic heterocycles. The molecular weight excluding hydrogens is 307 g/mol. The van der Waals surface area contributed by atoms with Gasteiger partial charge in [-0.15, -0.1) is 0 Å². The van der Waals surface area contributed by atoms with E-state index in [4.69, 9.17) is 5.84 Å². The smallest absolute Gasteiger partial charge is 0.129 e. The third kappa shape index (κ3) is 3.18. The zero-order chi connectivity index (χ0) is 14.0. The minimum atomic E-state index is -0.191. The summed E-state index contributed by atoms with van der Waals surface area (Å²) in [6, 6.07) is 4.96. The van der Waals surface area contributed by atoms with Crippen LogP contribution in [0.15, 0.2) is 22.7 Å². The molecule has 0 bridgehead atoms. The molecule has 1 saturated carbocycles. The first-order chi connectivity index (χ1) is 9.04. The zero-order valence-electron chi connectivity index (χ0n) is 11.5. The molecule has 4 atom stereocenters. The van der Waals surface area contributed by atoms with Crippen LogP contribution in [0.4, 0.5) is 4.39 Å². The topological polar surface area (TPSA) is 38.0 Å². The summed E-state index contributed by atoms with van der Waals surface area (Å²) >= 11 is 3.45. The average Bonchev–Trinajstić information content (AvgIpc) is 2.37. The Balaban J connectivity index is 2.25. The second-order valence-corrected chi connectivity index (χ2v) is 6.66. The number of rotatable bonds is 3. The molecule has 0 aliphatic heterocycles. The van der Waals surface area contributed by atoms with E-state index in [1.165, 1.54) is 12.5 Å². The number of hydrogen-bond donors (Lipinski definition) is 2. The van der Waals surface area contributed by atoms with Crippen LogP contribution in [-0.4, -0.2) is 0 Å². The van der Waals surface area contributed by atoms with Gasteiger partial charge in [0.25, 0.3) is 0 Å². The fraction of sp³-hybridized carbons (Fsp3) is 0.600. The van der Waals surface area contributed by atoms with E-state index in [1.54, 1.807) is 6.07 Å². The second kappa shape index (κ2) is 6.33. The van der Waals surface area contributed by atoms with Crippen molar-refractivity contribution in [3.8, 4) is 0 Å². The Bertz CT molecular complexity index is 418. The summed E-state index contributed by atoms with van der Waals surface area (Å²) in [7, 11) is 0. The van der Waals surface area contributed by atoms with Gasteiger partial charge in [0.15, 0.2) is 0 Å². The van der Waals surface area contributed by atoms with Gasteiger partial charge < -0.3 is 0 Å². The normalized spacial score (nSPS) is 29.2. The van der Waals surface area contributed by atoms with E-state index in [0.29, 0.717) is 17.4 Å². The van der Waals surface area contributed by atoms with Gasteiger partial charge in [0, 0.05) is 10.0 Å². The van der Waals surface area contributed by atoms with E-state index >= 15 is 0 Å². The Morgan fingerprint density at radius 3 is 2.63 bits per heavy atom. The van der Waals surface area contributed by atoms with Crippen molar-refractivity contribution in [1.29, 1.82) is 0 Å². The molecule has 1 aliphatic carbocycles. The molecule has 2 rings (SSSR count). The van der Waals surface area contributed by atoms with Crippen LogP contribution in [-0.2, 0) is 0 Å². The lowest BCUT2D eigenvalue weighted by molar-refractivity contribution is 0.169. The lowest BCUT2D eigenvalue weighted by Gasteiger charge is -2.37. The maximum atomic E-state index is 14.1. The summed E-state index contributed by atoms with van der Waals surface area (Å²) in [5.41, 5.74) is 3.50. The van der Waals surface area contributed by atoms with Crippen LogP contribution in [0.2, 0.25) is 0 Å². The van der Waals surface area contributed by atoms with Gasteiger partial charge in [0.1, 0.15) is 5.82 Å². The summed E-state index contributed by atoms with van der Waals surface area (Å²) in [5, 5.41) is 0. The maximum Gasteiger partial charge on any atom is 0.129 e. The second-order valence-electron chi connectivity index (χ2n) is 5.81. The van der Waals surface area contributed by atoms with Crippen LogP contribution >= 0.6 is 15.9 Å². The van der Waals surface area contributed by atoms with E-state index in [1.807, 2.05) is 6.07 Å². The standard InChI is InChI=1S/C15H22BrFN2/c1-9-6-7-11(8-10(9)2)15(19-18)14-12(16)4-3-5-13(14)17/h3-5,9-11,15,19H,6-8,18H2,1-2H3. The van der Waals surface area contributed by atoms with E-state index in [-0.39, 0.29) is 11.9 Å². The first-order valence-electron chi connectivity index (χ1n) is 6.94. The fourth-order valence-electron chi connectivity index (χ4n) is 3.15. The number of hydrogen-bond acceptors (Lipinski definition) is 2. The third-order valence-electron chi connectivity index (χ3n) is 4.60. The molecule has 1 fully saturated rings. The Morgan fingerprint density at radius 1 is 1.32 bits per heavy atom. The van der Waals surface area contributed by atoms with Crippen molar-refractivity contribution < 1.29 is 4.39 Å². The van der Waals surface area contributed by atoms with Crippen molar-refractivity contribution in [3.63, 3.8) is 0 Å². The van der Waals surface area contributed by atoms with Gasteiger partial charge in [0.2, 0.25) is 0 Å². The molecule has 19 heavy (non-hydrogen) atoms. The lowest BCUT2D eigenvalue weighted by atomic mass is 9.72. The molecule has 4 heteroatoms.